The second kappa shape index (κ2) is 5.95. The number of nitrogens with zero attached hydrogens (tertiary/aromatic N) is 1. The van der Waals surface area contributed by atoms with Gasteiger partial charge in [0.25, 0.3) is 0 Å². The van der Waals surface area contributed by atoms with Crippen LogP contribution in [0.15, 0.2) is 12.3 Å². The Hall–Kier alpha value is -1.18. The zero-order valence-corrected chi connectivity index (χ0v) is 9.64. The Morgan fingerprint density at radius 3 is 2.71 bits per heavy atom. The maximum atomic E-state index is 13.6. The van der Waals surface area contributed by atoms with Gasteiger partial charge in [-0.2, -0.15) is 12.6 Å². The highest BCUT2D eigenvalue weighted by Gasteiger charge is 2.25. The van der Waals surface area contributed by atoms with Crippen LogP contribution >= 0.6 is 12.6 Å². The number of hydrogen-bond donors (Lipinski definition) is 4. The van der Waals surface area contributed by atoms with E-state index in [4.69, 9.17) is 5.11 Å². The van der Waals surface area contributed by atoms with Crippen molar-refractivity contribution in [2.45, 2.75) is 18.6 Å². The van der Waals surface area contributed by atoms with Crippen molar-refractivity contribution >= 4 is 18.6 Å². The largest absolute Gasteiger partial charge is 0.478 e. The molecule has 0 saturated heterocycles. The molecule has 1 aromatic heterocycles. The Labute approximate surface area is 102 Å². The van der Waals surface area contributed by atoms with Gasteiger partial charge in [0.1, 0.15) is 11.8 Å². The van der Waals surface area contributed by atoms with E-state index in [1.807, 2.05) is 0 Å². The molecule has 0 radical (unpaired) electrons. The van der Waals surface area contributed by atoms with Gasteiger partial charge in [-0.3, -0.25) is 4.98 Å². The molecule has 0 aromatic carbocycles. The van der Waals surface area contributed by atoms with Gasteiger partial charge in [-0.15, -0.1) is 0 Å². The topological polar surface area (TPSA) is 90.7 Å². The molecule has 0 aliphatic carbocycles. The standard InChI is InChI=1S/C10H12FNO4S/c11-7-5(10(15)16)1-3-12-8(7)9(14)6(13)2-4-17/h1,3,6,9,13-14,17H,2,4H2,(H,15,16). The summed E-state index contributed by atoms with van der Waals surface area (Å²) in [5.41, 5.74) is -1.06. The molecule has 94 valence electrons. The van der Waals surface area contributed by atoms with E-state index in [1.54, 1.807) is 0 Å². The van der Waals surface area contributed by atoms with Crippen LogP contribution in [0.2, 0.25) is 0 Å². The van der Waals surface area contributed by atoms with Gasteiger partial charge in [0.05, 0.1) is 11.7 Å². The maximum Gasteiger partial charge on any atom is 0.338 e. The lowest BCUT2D eigenvalue weighted by Gasteiger charge is -2.17. The van der Waals surface area contributed by atoms with Crippen molar-refractivity contribution in [3.8, 4) is 0 Å². The summed E-state index contributed by atoms with van der Waals surface area (Å²) in [7, 11) is 0. The van der Waals surface area contributed by atoms with E-state index in [2.05, 4.69) is 17.6 Å². The average Bonchev–Trinajstić information content (AvgIpc) is 2.28. The molecule has 2 atom stereocenters. The second-order valence-corrected chi connectivity index (χ2v) is 3.83. The molecule has 5 nitrogen and oxygen atoms in total. The number of hydrogen-bond acceptors (Lipinski definition) is 5. The molecular formula is C10H12FNO4S. The van der Waals surface area contributed by atoms with Gasteiger partial charge in [0, 0.05) is 6.20 Å². The van der Waals surface area contributed by atoms with Crippen LogP contribution in [0.1, 0.15) is 28.6 Å². The molecule has 2 unspecified atom stereocenters. The summed E-state index contributed by atoms with van der Waals surface area (Å²) < 4.78 is 13.6. The summed E-state index contributed by atoms with van der Waals surface area (Å²) in [4.78, 5) is 14.2. The molecule has 0 amide bonds. The van der Waals surface area contributed by atoms with Crippen LogP contribution in [0.3, 0.4) is 0 Å². The lowest BCUT2D eigenvalue weighted by atomic mass is 10.1. The molecule has 0 aliphatic rings. The van der Waals surface area contributed by atoms with Crippen LogP contribution in [0.4, 0.5) is 4.39 Å². The molecule has 17 heavy (non-hydrogen) atoms. The molecule has 7 heteroatoms. The number of carbonyl (C=O) groups is 1. The van der Waals surface area contributed by atoms with Gasteiger partial charge in [-0.05, 0) is 18.2 Å². The summed E-state index contributed by atoms with van der Waals surface area (Å²) in [6.45, 7) is 0. The van der Waals surface area contributed by atoms with Crippen LogP contribution in [0.25, 0.3) is 0 Å². The minimum absolute atomic E-state index is 0.142. The van der Waals surface area contributed by atoms with E-state index in [1.165, 1.54) is 0 Å². The number of rotatable bonds is 5. The number of aromatic carboxylic acids is 1. The van der Waals surface area contributed by atoms with Crippen molar-refractivity contribution in [3.05, 3.63) is 29.3 Å². The molecule has 1 heterocycles. The van der Waals surface area contributed by atoms with Crippen LogP contribution < -0.4 is 0 Å². The minimum atomic E-state index is -1.57. The number of aliphatic hydroxyl groups is 2. The molecule has 0 aliphatic heterocycles. The first kappa shape index (κ1) is 13.9. The van der Waals surface area contributed by atoms with Crippen molar-refractivity contribution in [2.24, 2.45) is 0 Å². The Morgan fingerprint density at radius 2 is 2.18 bits per heavy atom. The highest BCUT2D eigenvalue weighted by atomic mass is 32.1. The zero-order valence-electron chi connectivity index (χ0n) is 8.75. The normalized spacial score (nSPS) is 14.4. The molecule has 0 bridgehead atoms. The third-order valence-electron chi connectivity index (χ3n) is 2.22. The SMILES string of the molecule is O=C(O)c1ccnc(C(O)C(O)CCS)c1F. The fourth-order valence-electron chi connectivity index (χ4n) is 1.30. The Morgan fingerprint density at radius 1 is 1.53 bits per heavy atom. The highest BCUT2D eigenvalue weighted by Crippen LogP contribution is 2.22. The molecule has 1 rings (SSSR count). The average molecular weight is 261 g/mol. The van der Waals surface area contributed by atoms with Gasteiger partial charge in [-0.25, -0.2) is 9.18 Å². The summed E-state index contributed by atoms with van der Waals surface area (Å²) >= 11 is 3.87. The molecule has 1 aromatic rings. The van der Waals surface area contributed by atoms with E-state index in [0.29, 0.717) is 5.75 Å². The molecule has 0 spiro atoms. The molecular weight excluding hydrogens is 249 g/mol. The minimum Gasteiger partial charge on any atom is -0.478 e. The molecule has 0 saturated carbocycles. The Kier molecular flexibility index (Phi) is 4.86. The van der Waals surface area contributed by atoms with Gasteiger partial charge in [-0.1, -0.05) is 0 Å². The lowest BCUT2D eigenvalue weighted by molar-refractivity contribution is 0.0122. The summed E-state index contributed by atoms with van der Waals surface area (Å²) in [5, 5.41) is 27.8. The van der Waals surface area contributed by atoms with E-state index in [0.717, 1.165) is 12.3 Å². The molecule has 3 N–H and O–H groups in total. The second-order valence-electron chi connectivity index (χ2n) is 3.39. The van der Waals surface area contributed by atoms with Crippen molar-refractivity contribution in [1.82, 2.24) is 4.98 Å². The quantitative estimate of drug-likeness (QED) is 0.584. The van der Waals surface area contributed by atoms with Crippen LogP contribution in [0.5, 0.6) is 0 Å². The van der Waals surface area contributed by atoms with E-state index < -0.39 is 35.3 Å². The number of halogens is 1. The zero-order chi connectivity index (χ0) is 13.0. The highest BCUT2D eigenvalue weighted by molar-refractivity contribution is 7.80. The summed E-state index contributed by atoms with van der Waals surface area (Å²) in [5.74, 6) is -2.29. The predicted molar refractivity (Wildman–Crippen MR) is 60.6 cm³/mol. The van der Waals surface area contributed by atoms with Crippen molar-refractivity contribution < 1.29 is 24.5 Å². The number of aromatic nitrogens is 1. The van der Waals surface area contributed by atoms with Crippen molar-refractivity contribution in [2.75, 3.05) is 5.75 Å². The van der Waals surface area contributed by atoms with E-state index in [9.17, 15) is 19.4 Å². The number of thiol groups is 1. The van der Waals surface area contributed by atoms with Crippen LogP contribution in [-0.4, -0.2) is 38.1 Å². The fourth-order valence-corrected chi connectivity index (χ4v) is 1.57. The van der Waals surface area contributed by atoms with Crippen LogP contribution in [-0.2, 0) is 0 Å². The first-order valence-corrected chi connectivity index (χ1v) is 5.47. The van der Waals surface area contributed by atoms with Crippen LogP contribution in [0, 0.1) is 5.82 Å². The number of pyridine rings is 1. The van der Waals surface area contributed by atoms with Crippen molar-refractivity contribution in [1.29, 1.82) is 0 Å². The van der Waals surface area contributed by atoms with Gasteiger partial charge in [0.15, 0.2) is 5.82 Å². The maximum absolute atomic E-state index is 13.6. The number of carboxylic acid groups (broad SMARTS) is 1. The summed E-state index contributed by atoms with van der Waals surface area (Å²) in [6.07, 6.45) is -1.60. The van der Waals surface area contributed by atoms with Gasteiger partial charge >= 0.3 is 5.97 Å². The van der Waals surface area contributed by atoms with Crippen molar-refractivity contribution in [3.63, 3.8) is 0 Å². The smallest absolute Gasteiger partial charge is 0.338 e. The number of aliphatic hydroxyl groups excluding tert-OH is 2. The lowest BCUT2D eigenvalue weighted by Crippen LogP contribution is -2.22. The Bertz CT molecular complexity index is 415. The van der Waals surface area contributed by atoms with Gasteiger partial charge < -0.3 is 15.3 Å². The van der Waals surface area contributed by atoms with E-state index in [-0.39, 0.29) is 6.42 Å². The van der Waals surface area contributed by atoms with Gasteiger partial charge in [0.2, 0.25) is 0 Å². The van der Waals surface area contributed by atoms with E-state index >= 15 is 0 Å². The number of carboxylic acids is 1. The third-order valence-corrected chi connectivity index (χ3v) is 2.47. The third kappa shape index (κ3) is 3.15. The predicted octanol–water partition coefficient (Wildman–Crippen LogP) is 0.633. The molecule has 0 fully saturated rings. The summed E-state index contributed by atoms with van der Waals surface area (Å²) in [6, 6.07) is 0.985. The first-order chi connectivity index (χ1) is 7.99. The Balaban J connectivity index is 3.06. The fraction of sp³-hybridized carbons (Fsp3) is 0.400. The monoisotopic (exact) mass is 261 g/mol. The first-order valence-electron chi connectivity index (χ1n) is 4.83.